The third-order valence-electron chi connectivity index (χ3n) is 6.13. The number of halogens is 3. The highest BCUT2D eigenvalue weighted by Gasteiger charge is 2.38. The summed E-state index contributed by atoms with van der Waals surface area (Å²) in [5, 5.41) is 6.03. The van der Waals surface area contributed by atoms with Gasteiger partial charge in [-0.1, -0.05) is 6.07 Å². The van der Waals surface area contributed by atoms with Crippen molar-refractivity contribution in [1.29, 1.82) is 0 Å². The standard InChI is InChI=1S/C22H22F3N5O2S/c1-13-19-15(22(23,24)25)11-16(14-4-5-14)26-20(19)30(27-13)12-18(31)28-6-8-29(9-7-28)21(32)17-3-2-10-33-17/h2-3,10-11,14H,4-9,12H2,1H3. The Morgan fingerprint density at radius 1 is 1.15 bits per heavy atom. The Morgan fingerprint density at radius 3 is 2.45 bits per heavy atom. The number of carbonyl (C=O) groups excluding carboxylic acids is 2. The molecule has 7 nitrogen and oxygen atoms in total. The average molecular weight is 478 g/mol. The molecule has 4 heterocycles. The van der Waals surface area contributed by atoms with Gasteiger partial charge in [0.2, 0.25) is 5.91 Å². The SMILES string of the molecule is Cc1nn(CC(=O)N2CCN(C(=O)c3cccs3)CC2)c2nc(C3CC3)cc(C(F)(F)F)c12. The van der Waals surface area contributed by atoms with Crippen molar-refractivity contribution < 1.29 is 22.8 Å². The number of aryl methyl sites for hydroxylation is 1. The second-order valence-corrected chi connectivity index (χ2v) is 9.41. The minimum Gasteiger partial charge on any atom is -0.338 e. The summed E-state index contributed by atoms with van der Waals surface area (Å²) in [7, 11) is 0. The lowest BCUT2D eigenvalue weighted by Crippen LogP contribution is -2.51. The van der Waals surface area contributed by atoms with Gasteiger partial charge in [0, 0.05) is 37.8 Å². The lowest BCUT2D eigenvalue weighted by atomic mass is 10.1. The summed E-state index contributed by atoms with van der Waals surface area (Å²) < 4.78 is 42.6. The maximum Gasteiger partial charge on any atom is 0.417 e. The number of alkyl halides is 3. The number of hydrogen-bond acceptors (Lipinski definition) is 5. The van der Waals surface area contributed by atoms with Crippen LogP contribution in [-0.4, -0.2) is 62.6 Å². The van der Waals surface area contributed by atoms with Crippen LogP contribution in [0.4, 0.5) is 13.2 Å². The zero-order valence-electron chi connectivity index (χ0n) is 17.9. The Balaban J connectivity index is 1.35. The number of amides is 2. The first-order valence-corrected chi connectivity index (χ1v) is 11.7. The van der Waals surface area contributed by atoms with Crippen LogP contribution in [0, 0.1) is 6.92 Å². The molecule has 1 aliphatic heterocycles. The number of piperazine rings is 1. The quantitative estimate of drug-likeness (QED) is 0.575. The highest BCUT2D eigenvalue weighted by atomic mass is 32.1. The van der Waals surface area contributed by atoms with E-state index in [2.05, 4.69) is 10.1 Å². The van der Waals surface area contributed by atoms with Crippen molar-refractivity contribution in [2.24, 2.45) is 0 Å². The summed E-state index contributed by atoms with van der Waals surface area (Å²) >= 11 is 1.38. The first kappa shape index (κ1) is 21.9. The fourth-order valence-corrected chi connectivity index (χ4v) is 4.93. The topological polar surface area (TPSA) is 71.3 Å². The van der Waals surface area contributed by atoms with Gasteiger partial charge in [-0.15, -0.1) is 11.3 Å². The number of fused-ring (bicyclic) bond motifs is 1. The van der Waals surface area contributed by atoms with Crippen molar-refractivity contribution in [3.63, 3.8) is 0 Å². The molecule has 2 fully saturated rings. The minimum atomic E-state index is -4.53. The number of hydrogen-bond donors (Lipinski definition) is 0. The molecule has 0 spiro atoms. The number of rotatable bonds is 4. The second kappa shape index (κ2) is 8.12. The molecule has 0 atom stereocenters. The molecule has 11 heteroatoms. The molecule has 2 amide bonds. The van der Waals surface area contributed by atoms with Gasteiger partial charge in [-0.05, 0) is 37.3 Å². The van der Waals surface area contributed by atoms with Crippen LogP contribution < -0.4 is 0 Å². The van der Waals surface area contributed by atoms with E-state index in [1.165, 1.54) is 22.9 Å². The molecule has 2 aliphatic rings. The number of pyridine rings is 1. The molecule has 174 valence electrons. The van der Waals surface area contributed by atoms with E-state index in [0.29, 0.717) is 36.8 Å². The van der Waals surface area contributed by atoms with E-state index < -0.39 is 11.7 Å². The predicted molar refractivity (Wildman–Crippen MR) is 116 cm³/mol. The molecule has 0 radical (unpaired) electrons. The van der Waals surface area contributed by atoms with Gasteiger partial charge >= 0.3 is 6.18 Å². The van der Waals surface area contributed by atoms with Gasteiger partial charge in [0.25, 0.3) is 5.91 Å². The van der Waals surface area contributed by atoms with Crippen molar-refractivity contribution in [1.82, 2.24) is 24.6 Å². The molecule has 0 unspecified atom stereocenters. The van der Waals surface area contributed by atoms with E-state index >= 15 is 0 Å². The van der Waals surface area contributed by atoms with E-state index in [4.69, 9.17) is 0 Å². The maximum atomic E-state index is 13.8. The molecule has 3 aromatic heterocycles. The second-order valence-electron chi connectivity index (χ2n) is 8.46. The zero-order chi connectivity index (χ0) is 23.3. The number of thiophene rings is 1. The third kappa shape index (κ3) is 4.21. The van der Waals surface area contributed by atoms with Gasteiger partial charge < -0.3 is 9.80 Å². The van der Waals surface area contributed by atoms with Gasteiger partial charge in [0.05, 0.1) is 21.5 Å². The first-order chi connectivity index (χ1) is 15.7. The van der Waals surface area contributed by atoms with Crippen LogP contribution in [0.2, 0.25) is 0 Å². The zero-order valence-corrected chi connectivity index (χ0v) is 18.7. The van der Waals surface area contributed by atoms with Crippen LogP contribution in [0.5, 0.6) is 0 Å². The van der Waals surface area contributed by atoms with Crippen LogP contribution in [0.1, 0.15) is 45.4 Å². The smallest absolute Gasteiger partial charge is 0.338 e. The first-order valence-electron chi connectivity index (χ1n) is 10.8. The van der Waals surface area contributed by atoms with E-state index in [1.807, 2.05) is 11.4 Å². The average Bonchev–Trinajstić information content (AvgIpc) is 3.40. The van der Waals surface area contributed by atoms with Gasteiger partial charge in [-0.25, -0.2) is 9.67 Å². The fourth-order valence-electron chi connectivity index (χ4n) is 4.24. The molecule has 0 bridgehead atoms. The number of nitrogens with zero attached hydrogens (tertiary/aromatic N) is 5. The van der Waals surface area contributed by atoms with E-state index in [-0.39, 0.29) is 41.0 Å². The Labute approximate surface area is 191 Å². The lowest BCUT2D eigenvalue weighted by molar-refractivity contribution is -0.136. The van der Waals surface area contributed by atoms with Crippen molar-refractivity contribution in [2.75, 3.05) is 26.2 Å². The van der Waals surface area contributed by atoms with Crippen LogP contribution >= 0.6 is 11.3 Å². The van der Waals surface area contributed by atoms with Gasteiger partial charge in [-0.2, -0.15) is 18.3 Å². The summed E-state index contributed by atoms with van der Waals surface area (Å²) in [6, 6.07) is 4.72. The molecule has 3 aromatic rings. The van der Waals surface area contributed by atoms with Gasteiger partial charge in [0.1, 0.15) is 6.54 Å². The normalized spacial score (nSPS) is 17.1. The lowest BCUT2D eigenvalue weighted by Gasteiger charge is -2.34. The van der Waals surface area contributed by atoms with Crippen LogP contribution in [0.3, 0.4) is 0 Å². The maximum absolute atomic E-state index is 13.8. The summed E-state index contributed by atoms with van der Waals surface area (Å²) in [5.41, 5.74) is -0.0362. The molecular formula is C22H22F3N5O2S. The highest BCUT2D eigenvalue weighted by Crippen LogP contribution is 2.43. The Hall–Kier alpha value is -2.95. The number of aromatic nitrogens is 3. The van der Waals surface area contributed by atoms with Gasteiger partial charge in [-0.3, -0.25) is 9.59 Å². The molecular weight excluding hydrogens is 455 g/mol. The minimum absolute atomic E-state index is 0.0313. The Bertz CT molecular complexity index is 1210. The van der Waals surface area contributed by atoms with E-state index in [0.717, 1.165) is 18.9 Å². The van der Waals surface area contributed by atoms with Crippen LogP contribution in [0.25, 0.3) is 11.0 Å². The summed E-state index contributed by atoms with van der Waals surface area (Å²) in [4.78, 5) is 33.9. The molecule has 1 aliphatic carbocycles. The highest BCUT2D eigenvalue weighted by molar-refractivity contribution is 7.12. The Kier molecular flexibility index (Phi) is 5.38. The molecule has 1 saturated heterocycles. The van der Waals surface area contributed by atoms with E-state index in [1.54, 1.807) is 15.9 Å². The molecule has 5 rings (SSSR count). The molecule has 0 aromatic carbocycles. The number of carbonyl (C=O) groups is 2. The van der Waals surface area contributed by atoms with Gasteiger partial charge in [0.15, 0.2) is 5.65 Å². The largest absolute Gasteiger partial charge is 0.417 e. The monoisotopic (exact) mass is 477 g/mol. The summed E-state index contributed by atoms with van der Waals surface area (Å²) in [5.74, 6) is -0.277. The van der Waals surface area contributed by atoms with E-state index in [9.17, 15) is 22.8 Å². The summed E-state index contributed by atoms with van der Waals surface area (Å²) in [6.45, 7) is 2.85. The van der Waals surface area contributed by atoms with Crippen LogP contribution in [-0.2, 0) is 17.5 Å². The summed E-state index contributed by atoms with van der Waals surface area (Å²) in [6.07, 6.45) is -2.90. The van der Waals surface area contributed by atoms with Crippen molar-refractivity contribution in [3.8, 4) is 0 Å². The van der Waals surface area contributed by atoms with Crippen LogP contribution in [0.15, 0.2) is 23.6 Å². The molecule has 0 N–H and O–H groups in total. The van der Waals surface area contributed by atoms with Crippen molar-refractivity contribution in [2.45, 2.75) is 38.4 Å². The van der Waals surface area contributed by atoms with Crippen molar-refractivity contribution >= 4 is 34.2 Å². The third-order valence-corrected chi connectivity index (χ3v) is 6.99. The predicted octanol–water partition coefficient (Wildman–Crippen LogP) is 3.68. The Morgan fingerprint density at radius 2 is 1.85 bits per heavy atom. The molecule has 1 saturated carbocycles. The molecule has 33 heavy (non-hydrogen) atoms. The van der Waals surface area contributed by atoms with Crippen molar-refractivity contribution in [3.05, 3.63) is 45.4 Å². The fraction of sp³-hybridized carbons (Fsp3) is 0.455.